The van der Waals surface area contributed by atoms with E-state index in [-0.39, 0.29) is 0 Å². The van der Waals surface area contributed by atoms with Crippen LogP contribution in [-0.4, -0.2) is 6.29 Å². The van der Waals surface area contributed by atoms with Crippen molar-refractivity contribution in [2.24, 2.45) is 0 Å². The molecule has 0 bridgehead atoms. The van der Waals surface area contributed by atoms with E-state index in [1.54, 1.807) is 6.08 Å². The van der Waals surface area contributed by atoms with Gasteiger partial charge in [0.1, 0.15) is 6.29 Å². The molecule has 0 N–H and O–H groups in total. The molecule has 1 nitrogen and oxygen atoms in total. The van der Waals surface area contributed by atoms with Crippen LogP contribution in [-0.2, 0) is 4.79 Å². The monoisotopic (exact) mass is 124 g/mol. The summed E-state index contributed by atoms with van der Waals surface area (Å²) in [5, 5.41) is 0. The molecule has 0 fully saturated rings. The zero-order valence-electron chi connectivity index (χ0n) is 6.14. The van der Waals surface area contributed by atoms with Gasteiger partial charge in [0.2, 0.25) is 0 Å². The minimum atomic E-state index is 0.800. The first kappa shape index (κ1) is 8.15. The van der Waals surface area contributed by atoms with Gasteiger partial charge in [-0.25, -0.2) is 0 Å². The van der Waals surface area contributed by atoms with Crippen LogP contribution in [0.3, 0.4) is 0 Å². The predicted octanol–water partition coefficient (Wildman–Crippen LogP) is 2.10. The highest BCUT2D eigenvalue weighted by molar-refractivity contribution is 5.66. The van der Waals surface area contributed by atoms with Crippen LogP contribution >= 0.6 is 0 Å². The molecule has 0 aliphatic carbocycles. The molecule has 0 atom stereocenters. The van der Waals surface area contributed by atoms with Gasteiger partial charge in [0, 0.05) is 0 Å². The van der Waals surface area contributed by atoms with Crippen LogP contribution in [0.25, 0.3) is 0 Å². The minimum Gasteiger partial charge on any atom is -0.299 e. The molecule has 0 heterocycles. The number of rotatable bonds is 2. The van der Waals surface area contributed by atoms with E-state index in [2.05, 4.69) is 0 Å². The summed E-state index contributed by atoms with van der Waals surface area (Å²) in [4.78, 5) is 9.89. The van der Waals surface area contributed by atoms with E-state index >= 15 is 0 Å². The van der Waals surface area contributed by atoms with Gasteiger partial charge in [-0.15, -0.1) is 0 Å². The molecule has 0 radical (unpaired) electrons. The first-order valence-electron chi connectivity index (χ1n) is 2.94. The summed E-state index contributed by atoms with van der Waals surface area (Å²) in [6.07, 6.45) is 4.32. The maximum Gasteiger partial charge on any atom is 0.143 e. The van der Waals surface area contributed by atoms with E-state index in [0.717, 1.165) is 11.9 Å². The van der Waals surface area contributed by atoms with Gasteiger partial charge in [-0.3, -0.25) is 4.79 Å². The van der Waals surface area contributed by atoms with Crippen molar-refractivity contribution in [2.45, 2.75) is 20.8 Å². The second-order valence-electron chi connectivity index (χ2n) is 2.27. The Bertz CT molecular complexity index is 148. The van der Waals surface area contributed by atoms with E-state index in [0.29, 0.717) is 0 Å². The Balaban J connectivity index is 4.05. The molecule has 0 aromatic carbocycles. The van der Waals surface area contributed by atoms with E-state index < -0.39 is 0 Å². The average Bonchev–Trinajstić information content (AvgIpc) is 1.63. The van der Waals surface area contributed by atoms with Crippen molar-refractivity contribution < 1.29 is 4.79 Å². The summed E-state index contributed by atoms with van der Waals surface area (Å²) < 4.78 is 0. The molecule has 0 unspecified atom stereocenters. The van der Waals surface area contributed by atoms with Crippen molar-refractivity contribution >= 4 is 6.29 Å². The van der Waals surface area contributed by atoms with Gasteiger partial charge in [-0.1, -0.05) is 11.6 Å². The smallest absolute Gasteiger partial charge is 0.143 e. The van der Waals surface area contributed by atoms with Crippen LogP contribution < -0.4 is 0 Å². The number of carbonyl (C=O) groups excluding carboxylic acids is 1. The number of carbonyl (C=O) groups is 1. The topological polar surface area (TPSA) is 17.1 Å². The Hall–Kier alpha value is -0.850. The molecule has 0 saturated carbocycles. The Morgan fingerprint density at radius 3 is 2.11 bits per heavy atom. The number of hydrogen-bond donors (Lipinski definition) is 0. The molecule has 0 amide bonds. The third-order valence-corrected chi connectivity index (χ3v) is 0.847. The van der Waals surface area contributed by atoms with Crippen molar-refractivity contribution in [3.63, 3.8) is 0 Å². The summed E-state index contributed by atoms with van der Waals surface area (Å²) >= 11 is 0. The average molecular weight is 124 g/mol. The zero-order chi connectivity index (χ0) is 7.28. The first-order chi connectivity index (χ1) is 4.16. The fourth-order valence-electron chi connectivity index (χ4n) is 0.611. The fourth-order valence-corrected chi connectivity index (χ4v) is 0.611. The normalized spacial score (nSPS) is 10.8. The maximum absolute atomic E-state index is 9.89. The quantitative estimate of drug-likeness (QED) is 0.313. The van der Waals surface area contributed by atoms with Gasteiger partial charge in [0.05, 0.1) is 0 Å². The van der Waals surface area contributed by atoms with E-state index in [9.17, 15) is 4.79 Å². The second-order valence-corrected chi connectivity index (χ2v) is 2.27. The lowest BCUT2D eigenvalue weighted by molar-refractivity contribution is -0.104. The largest absolute Gasteiger partial charge is 0.299 e. The summed E-state index contributed by atoms with van der Waals surface area (Å²) in [6, 6.07) is 0. The molecule has 0 saturated heterocycles. The minimum absolute atomic E-state index is 0.800. The van der Waals surface area contributed by atoms with Crippen molar-refractivity contribution in [2.75, 3.05) is 0 Å². The van der Waals surface area contributed by atoms with Crippen molar-refractivity contribution in [3.8, 4) is 0 Å². The molecular formula is C8H12O. The van der Waals surface area contributed by atoms with Crippen molar-refractivity contribution in [3.05, 3.63) is 23.3 Å². The van der Waals surface area contributed by atoms with Crippen LogP contribution in [0.5, 0.6) is 0 Å². The second kappa shape index (κ2) is 4.07. The standard InChI is InChI=1S/C8H12O/c1-7(2)6-8(3)4-5-9/h4-6H,1-3H3/b8-4+. The lowest BCUT2D eigenvalue weighted by Gasteiger charge is -1.88. The molecule has 0 aromatic rings. The summed E-state index contributed by atoms with van der Waals surface area (Å²) in [6.45, 7) is 5.91. The van der Waals surface area contributed by atoms with E-state index in [1.807, 2.05) is 26.8 Å². The third kappa shape index (κ3) is 5.01. The highest BCUT2D eigenvalue weighted by Gasteiger charge is 1.79. The van der Waals surface area contributed by atoms with Crippen molar-refractivity contribution in [1.29, 1.82) is 0 Å². The summed E-state index contributed by atoms with van der Waals surface area (Å²) in [5.74, 6) is 0. The summed E-state index contributed by atoms with van der Waals surface area (Å²) in [5.41, 5.74) is 2.22. The van der Waals surface area contributed by atoms with Crippen LogP contribution in [0.1, 0.15) is 20.8 Å². The van der Waals surface area contributed by atoms with Gasteiger partial charge in [0.25, 0.3) is 0 Å². The first-order valence-corrected chi connectivity index (χ1v) is 2.94. The maximum atomic E-state index is 9.89. The Labute approximate surface area is 56.1 Å². The predicted molar refractivity (Wildman–Crippen MR) is 39.3 cm³/mol. The fraction of sp³-hybridized carbons (Fsp3) is 0.375. The third-order valence-electron chi connectivity index (χ3n) is 0.847. The van der Waals surface area contributed by atoms with Gasteiger partial charge >= 0.3 is 0 Å². The molecule has 0 aromatic heterocycles. The van der Waals surface area contributed by atoms with Gasteiger partial charge in [-0.2, -0.15) is 0 Å². The molecular weight excluding hydrogens is 112 g/mol. The Morgan fingerprint density at radius 1 is 1.22 bits per heavy atom. The summed E-state index contributed by atoms with van der Waals surface area (Å²) in [7, 11) is 0. The molecule has 0 aliphatic heterocycles. The molecule has 0 spiro atoms. The van der Waals surface area contributed by atoms with Gasteiger partial charge in [0.15, 0.2) is 0 Å². The van der Waals surface area contributed by atoms with Crippen LogP contribution in [0.2, 0.25) is 0 Å². The molecule has 0 aliphatic rings. The van der Waals surface area contributed by atoms with E-state index in [4.69, 9.17) is 0 Å². The Morgan fingerprint density at radius 2 is 1.78 bits per heavy atom. The van der Waals surface area contributed by atoms with Gasteiger partial charge < -0.3 is 0 Å². The molecule has 1 heteroatoms. The van der Waals surface area contributed by atoms with Crippen LogP contribution in [0, 0.1) is 0 Å². The van der Waals surface area contributed by atoms with E-state index in [1.165, 1.54) is 5.57 Å². The number of aldehydes is 1. The molecule has 50 valence electrons. The van der Waals surface area contributed by atoms with Crippen LogP contribution in [0.4, 0.5) is 0 Å². The number of allylic oxidation sites excluding steroid dienone is 4. The highest BCUT2D eigenvalue weighted by atomic mass is 16.1. The highest BCUT2D eigenvalue weighted by Crippen LogP contribution is 1.98. The zero-order valence-corrected chi connectivity index (χ0v) is 6.14. The lowest BCUT2D eigenvalue weighted by atomic mass is 10.2. The van der Waals surface area contributed by atoms with Crippen molar-refractivity contribution in [1.82, 2.24) is 0 Å². The number of hydrogen-bond acceptors (Lipinski definition) is 1. The molecule has 9 heavy (non-hydrogen) atoms. The van der Waals surface area contributed by atoms with Gasteiger partial charge in [-0.05, 0) is 32.4 Å². The van der Waals surface area contributed by atoms with Crippen LogP contribution in [0.15, 0.2) is 23.3 Å². The SMILES string of the molecule is CC(C)=C/C(C)=C/C=O. The molecule has 0 rings (SSSR count). The lowest BCUT2D eigenvalue weighted by Crippen LogP contribution is -1.71. The Kier molecular flexibility index (Phi) is 3.69.